The summed E-state index contributed by atoms with van der Waals surface area (Å²) in [6, 6.07) is 0. The third-order valence-electron chi connectivity index (χ3n) is 4.12. The lowest BCUT2D eigenvalue weighted by atomic mass is 10.1. The molecule has 2 atom stereocenters. The van der Waals surface area contributed by atoms with Crippen molar-refractivity contribution in [1.29, 1.82) is 0 Å². The summed E-state index contributed by atoms with van der Waals surface area (Å²) in [5.74, 6) is -1.02. The molecule has 0 radical (unpaired) electrons. The monoisotopic (exact) mass is 299 g/mol. The van der Waals surface area contributed by atoms with E-state index in [2.05, 4.69) is 23.9 Å². The number of aliphatic carboxylic acids is 1. The van der Waals surface area contributed by atoms with Gasteiger partial charge in [0.2, 0.25) is 0 Å². The van der Waals surface area contributed by atoms with Gasteiger partial charge in [0.25, 0.3) is 5.91 Å². The Balaban J connectivity index is 1.75. The number of carboxylic acid groups (broad SMARTS) is 1. The van der Waals surface area contributed by atoms with Gasteiger partial charge in [-0.2, -0.15) is 0 Å². The van der Waals surface area contributed by atoms with E-state index in [0.29, 0.717) is 25.9 Å². The number of carboxylic acids is 1. The SMILES string of the molecule is CN(C)CCN1CCN(C(=O)C2CCC(C(=O)O)O2)CC1. The van der Waals surface area contributed by atoms with Gasteiger partial charge in [0, 0.05) is 39.3 Å². The highest BCUT2D eigenvalue weighted by atomic mass is 16.5. The van der Waals surface area contributed by atoms with E-state index in [1.54, 1.807) is 4.90 Å². The zero-order chi connectivity index (χ0) is 15.4. The van der Waals surface area contributed by atoms with Crippen molar-refractivity contribution in [2.45, 2.75) is 25.0 Å². The molecule has 2 aliphatic rings. The number of hydrogen-bond acceptors (Lipinski definition) is 5. The largest absolute Gasteiger partial charge is 0.479 e. The Morgan fingerprint density at radius 3 is 2.29 bits per heavy atom. The first-order valence-electron chi connectivity index (χ1n) is 7.51. The molecule has 0 bridgehead atoms. The van der Waals surface area contributed by atoms with Gasteiger partial charge in [0.1, 0.15) is 6.10 Å². The minimum absolute atomic E-state index is 0.0500. The van der Waals surface area contributed by atoms with Crippen LogP contribution in [0.4, 0.5) is 0 Å². The Labute approximate surface area is 125 Å². The Bertz CT molecular complexity index is 380. The number of hydrogen-bond donors (Lipinski definition) is 1. The predicted octanol–water partition coefficient (Wildman–Crippen LogP) is -0.676. The first-order chi connectivity index (χ1) is 9.97. The molecule has 2 saturated heterocycles. The Morgan fingerprint density at radius 2 is 1.76 bits per heavy atom. The molecule has 0 aliphatic carbocycles. The first-order valence-corrected chi connectivity index (χ1v) is 7.51. The fraction of sp³-hybridized carbons (Fsp3) is 0.857. The molecule has 21 heavy (non-hydrogen) atoms. The second-order valence-electron chi connectivity index (χ2n) is 6.00. The molecule has 2 aliphatic heterocycles. The van der Waals surface area contributed by atoms with Gasteiger partial charge < -0.3 is 19.6 Å². The smallest absolute Gasteiger partial charge is 0.332 e. The molecule has 120 valence electrons. The minimum Gasteiger partial charge on any atom is -0.479 e. The molecular formula is C14H25N3O4. The van der Waals surface area contributed by atoms with E-state index >= 15 is 0 Å². The quantitative estimate of drug-likeness (QED) is 0.725. The van der Waals surface area contributed by atoms with Crippen LogP contribution in [0.3, 0.4) is 0 Å². The summed E-state index contributed by atoms with van der Waals surface area (Å²) in [6.07, 6.45) is -0.453. The third kappa shape index (κ3) is 4.39. The number of carbonyl (C=O) groups is 2. The van der Waals surface area contributed by atoms with Gasteiger partial charge in [-0.15, -0.1) is 0 Å². The van der Waals surface area contributed by atoms with Crippen LogP contribution in [0.1, 0.15) is 12.8 Å². The van der Waals surface area contributed by atoms with E-state index in [-0.39, 0.29) is 5.91 Å². The third-order valence-corrected chi connectivity index (χ3v) is 4.12. The second-order valence-corrected chi connectivity index (χ2v) is 6.00. The summed E-state index contributed by atoms with van der Waals surface area (Å²) < 4.78 is 5.33. The summed E-state index contributed by atoms with van der Waals surface area (Å²) in [6.45, 7) is 5.16. The zero-order valence-electron chi connectivity index (χ0n) is 12.8. The fourth-order valence-corrected chi connectivity index (χ4v) is 2.74. The van der Waals surface area contributed by atoms with Crippen LogP contribution < -0.4 is 0 Å². The van der Waals surface area contributed by atoms with Crippen molar-refractivity contribution in [2.75, 3.05) is 53.4 Å². The molecule has 7 nitrogen and oxygen atoms in total. The topological polar surface area (TPSA) is 73.3 Å². The normalized spacial score (nSPS) is 27.3. The number of likely N-dealkylation sites (N-methyl/N-ethyl adjacent to an activating group) is 1. The molecule has 0 aromatic heterocycles. The van der Waals surface area contributed by atoms with E-state index in [1.807, 2.05) is 0 Å². The van der Waals surface area contributed by atoms with E-state index < -0.39 is 18.2 Å². The summed E-state index contributed by atoms with van der Waals surface area (Å²) in [5.41, 5.74) is 0. The van der Waals surface area contributed by atoms with E-state index in [0.717, 1.165) is 26.2 Å². The molecule has 1 amide bonds. The maximum Gasteiger partial charge on any atom is 0.332 e. The average Bonchev–Trinajstić information content (AvgIpc) is 2.95. The van der Waals surface area contributed by atoms with Crippen molar-refractivity contribution < 1.29 is 19.4 Å². The van der Waals surface area contributed by atoms with E-state index in [1.165, 1.54) is 0 Å². The van der Waals surface area contributed by atoms with Gasteiger partial charge in [0.15, 0.2) is 6.10 Å². The predicted molar refractivity (Wildman–Crippen MR) is 77.1 cm³/mol. The highest BCUT2D eigenvalue weighted by Gasteiger charge is 2.37. The zero-order valence-corrected chi connectivity index (χ0v) is 12.8. The number of ether oxygens (including phenoxy) is 1. The Kier molecular flexibility index (Phi) is 5.55. The molecule has 7 heteroatoms. The van der Waals surface area contributed by atoms with Crippen LogP contribution in [0.15, 0.2) is 0 Å². The van der Waals surface area contributed by atoms with Gasteiger partial charge in [-0.05, 0) is 26.9 Å². The summed E-state index contributed by atoms with van der Waals surface area (Å²) in [5, 5.41) is 8.90. The van der Waals surface area contributed by atoms with Crippen LogP contribution in [-0.2, 0) is 14.3 Å². The number of piperazine rings is 1. The molecule has 0 aromatic carbocycles. The van der Waals surface area contributed by atoms with Crippen molar-refractivity contribution >= 4 is 11.9 Å². The highest BCUT2D eigenvalue weighted by molar-refractivity contribution is 5.82. The van der Waals surface area contributed by atoms with Crippen molar-refractivity contribution in [2.24, 2.45) is 0 Å². The van der Waals surface area contributed by atoms with Gasteiger partial charge in [-0.25, -0.2) is 4.79 Å². The summed E-state index contributed by atoms with van der Waals surface area (Å²) in [7, 11) is 4.10. The molecule has 0 saturated carbocycles. The Hall–Kier alpha value is -1.18. The number of amides is 1. The van der Waals surface area contributed by atoms with Crippen LogP contribution >= 0.6 is 0 Å². The maximum atomic E-state index is 12.3. The lowest BCUT2D eigenvalue weighted by Crippen LogP contribution is -2.52. The van der Waals surface area contributed by atoms with Gasteiger partial charge >= 0.3 is 5.97 Å². The summed E-state index contributed by atoms with van der Waals surface area (Å²) in [4.78, 5) is 29.5. The minimum atomic E-state index is -0.973. The lowest BCUT2D eigenvalue weighted by Gasteiger charge is -2.36. The standard InChI is InChI=1S/C14H25N3O4/c1-15(2)5-6-16-7-9-17(10-8-16)13(18)11-3-4-12(21-11)14(19)20/h11-12H,3-10H2,1-2H3,(H,19,20). The van der Waals surface area contributed by atoms with Crippen LogP contribution in [-0.4, -0.2) is 97.3 Å². The number of rotatable bonds is 5. The maximum absolute atomic E-state index is 12.3. The molecule has 2 rings (SSSR count). The first kappa shape index (κ1) is 16.2. The molecule has 2 heterocycles. The van der Waals surface area contributed by atoms with Crippen LogP contribution in [0.5, 0.6) is 0 Å². The molecule has 2 fully saturated rings. The Morgan fingerprint density at radius 1 is 1.14 bits per heavy atom. The second kappa shape index (κ2) is 7.20. The molecule has 0 aromatic rings. The molecular weight excluding hydrogens is 274 g/mol. The number of nitrogens with zero attached hydrogens (tertiary/aromatic N) is 3. The van der Waals surface area contributed by atoms with Crippen molar-refractivity contribution in [1.82, 2.24) is 14.7 Å². The van der Waals surface area contributed by atoms with Gasteiger partial charge in [0.05, 0.1) is 0 Å². The lowest BCUT2D eigenvalue weighted by molar-refractivity contribution is -0.155. The van der Waals surface area contributed by atoms with Crippen molar-refractivity contribution in [3.8, 4) is 0 Å². The van der Waals surface area contributed by atoms with E-state index in [4.69, 9.17) is 9.84 Å². The van der Waals surface area contributed by atoms with Gasteiger partial charge in [-0.3, -0.25) is 9.69 Å². The van der Waals surface area contributed by atoms with Crippen LogP contribution in [0.2, 0.25) is 0 Å². The van der Waals surface area contributed by atoms with Crippen LogP contribution in [0, 0.1) is 0 Å². The van der Waals surface area contributed by atoms with Crippen molar-refractivity contribution in [3.63, 3.8) is 0 Å². The molecule has 0 spiro atoms. The highest BCUT2D eigenvalue weighted by Crippen LogP contribution is 2.22. The molecule has 2 unspecified atom stereocenters. The molecule has 1 N–H and O–H groups in total. The van der Waals surface area contributed by atoms with E-state index in [9.17, 15) is 9.59 Å². The summed E-state index contributed by atoms with van der Waals surface area (Å²) >= 11 is 0. The van der Waals surface area contributed by atoms with Crippen LogP contribution in [0.25, 0.3) is 0 Å². The average molecular weight is 299 g/mol. The van der Waals surface area contributed by atoms with Crippen molar-refractivity contribution in [3.05, 3.63) is 0 Å². The van der Waals surface area contributed by atoms with Gasteiger partial charge in [-0.1, -0.05) is 0 Å². The number of carbonyl (C=O) groups excluding carboxylic acids is 1. The fourth-order valence-electron chi connectivity index (χ4n) is 2.74.